The van der Waals surface area contributed by atoms with Gasteiger partial charge in [-0.05, 0) is 40.5 Å². The fraction of sp³-hybridized carbons (Fsp3) is 0.500. The van der Waals surface area contributed by atoms with Gasteiger partial charge < -0.3 is 14.4 Å². The third-order valence-electron chi connectivity index (χ3n) is 2.94. The van der Waals surface area contributed by atoms with Crippen molar-refractivity contribution < 1.29 is 14.3 Å². The Balaban J connectivity index is 2.07. The van der Waals surface area contributed by atoms with Crippen molar-refractivity contribution >= 4 is 21.8 Å². The Kier molecular flexibility index (Phi) is 5.22. The van der Waals surface area contributed by atoms with Crippen molar-refractivity contribution in [2.75, 3.05) is 32.9 Å². The number of rotatable bonds is 4. The zero-order valence-corrected chi connectivity index (χ0v) is 12.6. The zero-order valence-electron chi connectivity index (χ0n) is 11.0. The van der Waals surface area contributed by atoms with Crippen LogP contribution >= 0.6 is 15.9 Å². The normalized spacial score (nSPS) is 15.4. The van der Waals surface area contributed by atoms with Gasteiger partial charge in [-0.3, -0.25) is 4.79 Å². The number of carbonyl (C=O) groups excluding carboxylic acids is 1. The molecule has 1 aliphatic rings. The second kappa shape index (κ2) is 6.91. The Labute approximate surface area is 121 Å². The van der Waals surface area contributed by atoms with Crippen molar-refractivity contribution in [3.63, 3.8) is 0 Å². The summed E-state index contributed by atoms with van der Waals surface area (Å²) in [5.41, 5.74) is 0.678. The number of nitrogens with zero attached hydrogens (tertiary/aromatic N) is 1. The number of ether oxygens (including phenoxy) is 2. The van der Waals surface area contributed by atoms with Gasteiger partial charge in [-0.1, -0.05) is 6.92 Å². The molecule has 1 saturated heterocycles. The maximum absolute atomic E-state index is 12.3. The van der Waals surface area contributed by atoms with Crippen LogP contribution < -0.4 is 4.74 Å². The number of amides is 1. The molecule has 5 heteroatoms. The van der Waals surface area contributed by atoms with E-state index in [1.54, 1.807) is 0 Å². The van der Waals surface area contributed by atoms with Crippen LogP contribution in [-0.4, -0.2) is 43.7 Å². The van der Waals surface area contributed by atoms with Crippen LogP contribution in [0.1, 0.15) is 23.7 Å². The number of carbonyl (C=O) groups is 1. The first-order valence-corrected chi connectivity index (χ1v) is 7.31. The highest BCUT2D eigenvalue weighted by atomic mass is 79.9. The summed E-state index contributed by atoms with van der Waals surface area (Å²) in [6.07, 6.45) is 0.959. The lowest BCUT2D eigenvalue weighted by atomic mass is 10.2. The highest BCUT2D eigenvalue weighted by Gasteiger charge is 2.19. The minimum absolute atomic E-state index is 0.0473. The molecule has 4 nitrogen and oxygen atoms in total. The second-order valence-corrected chi connectivity index (χ2v) is 5.25. The summed E-state index contributed by atoms with van der Waals surface area (Å²) in [6.45, 7) is 5.28. The highest BCUT2D eigenvalue weighted by molar-refractivity contribution is 9.10. The van der Waals surface area contributed by atoms with E-state index in [-0.39, 0.29) is 5.91 Å². The highest BCUT2D eigenvalue weighted by Crippen LogP contribution is 2.26. The van der Waals surface area contributed by atoms with E-state index in [1.165, 1.54) is 0 Å². The van der Waals surface area contributed by atoms with Crippen LogP contribution in [0, 0.1) is 0 Å². The SMILES string of the molecule is CCCOc1ccc(C(=O)N2CCOCC2)cc1Br. The molecule has 0 saturated carbocycles. The molecule has 2 rings (SSSR count). The minimum Gasteiger partial charge on any atom is -0.492 e. The summed E-state index contributed by atoms with van der Waals surface area (Å²) in [4.78, 5) is 14.1. The maximum Gasteiger partial charge on any atom is 0.254 e. The molecule has 19 heavy (non-hydrogen) atoms. The largest absolute Gasteiger partial charge is 0.492 e. The van der Waals surface area contributed by atoms with Crippen LogP contribution in [0.3, 0.4) is 0 Å². The molecule has 1 aromatic rings. The van der Waals surface area contributed by atoms with Gasteiger partial charge in [0.15, 0.2) is 0 Å². The van der Waals surface area contributed by atoms with E-state index >= 15 is 0 Å². The third-order valence-corrected chi connectivity index (χ3v) is 3.56. The van der Waals surface area contributed by atoms with Crippen LogP contribution in [0.2, 0.25) is 0 Å². The molecule has 0 unspecified atom stereocenters. The summed E-state index contributed by atoms with van der Waals surface area (Å²) >= 11 is 3.45. The van der Waals surface area contributed by atoms with E-state index in [1.807, 2.05) is 23.1 Å². The number of halogens is 1. The minimum atomic E-state index is 0.0473. The van der Waals surface area contributed by atoms with E-state index in [2.05, 4.69) is 22.9 Å². The van der Waals surface area contributed by atoms with Crippen LogP contribution in [0.5, 0.6) is 5.75 Å². The molecule has 0 radical (unpaired) electrons. The lowest BCUT2D eigenvalue weighted by molar-refractivity contribution is 0.0303. The van der Waals surface area contributed by atoms with E-state index in [0.717, 1.165) is 16.6 Å². The summed E-state index contributed by atoms with van der Waals surface area (Å²) < 4.78 is 11.6. The quantitative estimate of drug-likeness (QED) is 0.853. The lowest BCUT2D eigenvalue weighted by Crippen LogP contribution is -2.40. The topological polar surface area (TPSA) is 38.8 Å². The first-order chi connectivity index (χ1) is 9.22. The predicted molar refractivity (Wildman–Crippen MR) is 76.7 cm³/mol. The van der Waals surface area contributed by atoms with Gasteiger partial charge in [0.05, 0.1) is 24.3 Å². The third kappa shape index (κ3) is 3.70. The van der Waals surface area contributed by atoms with Crippen molar-refractivity contribution in [2.45, 2.75) is 13.3 Å². The molecule has 104 valence electrons. The molecular formula is C14H18BrNO3. The Morgan fingerprint density at radius 2 is 2.16 bits per heavy atom. The average Bonchev–Trinajstić information content (AvgIpc) is 2.46. The van der Waals surface area contributed by atoms with Gasteiger partial charge in [0.2, 0.25) is 0 Å². The van der Waals surface area contributed by atoms with Crippen LogP contribution in [-0.2, 0) is 4.74 Å². The van der Waals surface area contributed by atoms with Crippen molar-refractivity contribution in [1.82, 2.24) is 4.90 Å². The van der Waals surface area contributed by atoms with Gasteiger partial charge in [0.25, 0.3) is 5.91 Å². The van der Waals surface area contributed by atoms with Crippen molar-refractivity contribution in [3.05, 3.63) is 28.2 Å². The van der Waals surface area contributed by atoms with E-state index in [4.69, 9.17) is 9.47 Å². The lowest BCUT2D eigenvalue weighted by Gasteiger charge is -2.27. The number of benzene rings is 1. The molecule has 0 bridgehead atoms. The molecule has 0 aromatic heterocycles. The average molecular weight is 328 g/mol. The number of hydrogen-bond acceptors (Lipinski definition) is 3. The zero-order chi connectivity index (χ0) is 13.7. The smallest absolute Gasteiger partial charge is 0.254 e. The second-order valence-electron chi connectivity index (χ2n) is 4.40. The van der Waals surface area contributed by atoms with Crippen molar-refractivity contribution in [3.8, 4) is 5.75 Å². The van der Waals surface area contributed by atoms with Gasteiger partial charge in [-0.2, -0.15) is 0 Å². The molecule has 1 amide bonds. The molecule has 1 aliphatic heterocycles. The molecule has 1 fully saturated rings. The summed E-state index contributed by atoms with van der Waals surface area (Å²) in [6, 6.07) is 5.48. The van der Waals surface area contributed by atoms with Crippen molar-refractivity contribution in [1.29, 1.82) is 0 Å². The Hall–Kier alpha value is -1.07. The first-order valence-electron chi connectivity index (χ1n) is 6.51. The summed E-state index contributed by atoms with van der Waals surface area (Å²) in [5.74, 6) is 0.825. The van der Waals surface area contributed by atoms with Gasteiger partial charge in [-0.25, -0.2) is 0 Å². The fourth-order valence-electron chi connectivity index (χ4n) is 1.91. The molecule has 0 aliphatic carbocycles. The van der Waals surface area contributed by atoms with Gasteiger partial charge in [0.1, 0.15) is 5.75 Å². The summed E-state index contributed by atoms with van der Waals surface area (Å²) in [7, 11) is 0. The van der Waals surface area contributed by atoms with E-state index < -0.39 is 0 Å². The first kappa shape index (κ1) is 14.3. The fourth-order valence-corrected chi connectivity index (χ4v) is 2.41. The van der Waals surface area contributed by atoms with Crippen LogP contribution in [0.15, 0.2) is 22.7 Å². The number of hydrogen-bond donors (Lipinski definition) is 0. The monoisotopic (exact) mass is 327 g/mol. The molecule has 0 atom stereocenters. The molecule has 0 N–H and O–H groups in total. The number of morpholine rings is 1. The maximum atomic E-state index is 12.3. The standard InChI is InChI=1S/C14H18BrNO3/c1-2-7-19-13-4-3-11(10-12(13)15)14(17)16-5-8-18-9-6-16/h3-4,10H,2,5-9H2,1H3. The Morgan fingerprint density at radius 1 is 1.42 bits per heavy atom. The molecule has 0 spiro atoms. The van der Waals surface area contributed by atoms with Crippen LogP contribution in [0.25, 0.3) is 0 Å². The Bertz CT molecular complexity index is 444. The molecule has 1 heterocycles. The predicted octanol–water partition coefficient (Wildman–Crippen LogP) is 2.71. The molecular weight excluding hydrogens is 310 g/mol. The van der Waals surface area contributed by atoms with E-state index in [0.29, 0.717) is 38.5 Å². The van der Waals surface area contributed by atoms with E-state index in [9.17, 15) is 4.79 Å². The van der Waals surface area contributed by atoms with Crippen molar-refractivity contribution in [2.24, 2.45) is 0 Å². The van der Waals surface area contributed by atoms with Crippen LogP contribution in [0.4, 0.5) is 0 Å². The van der Waals surface area contributed by atoms with Gasteiger partial charge in [-0.15, -0.1) is 0 Å². The van der Waals surface area contributed by atoms with Gasteiger partial charge >= 0.3 is 0 Å². The molecule has 1 aromatic carbocycles. The summed E-state index contributed by atoms with van der Waals surface area (Å²) in [5, 5.41) is 0. The Morgan fingerprint density at radius 3 is 2.79 bits per heavy atom. The van der Waals surface area contributed by atoms with Gasteiger partial charge in [0, 0.05) is 18.7 Å².